The smallest absolute Gasteiger partial charge is 0.262 e. The fraction of sp³-hybridized carbons (Fsp3) is 0.316. The standard InChI is InChI=1S/C19H22FN3O3S.ClH/c1-13-9-14(11-21)12-23(13)19(24)15-5-4-6-16(10-15)27(25,26)22-18-8-3-2-7-17(18)20;/h2-8,10,13-14,22H,9,11-12,21H2,1H3;1H. The lowest BCUT2D eigenvalue weighted by molar-refractivity contribution is 0.0743. The van der Waals surface area contributed by atoms with Gasteiger partial charge in [-0.15, -0.1) is 12.4 Å². The molecule has 6 nitrogen and oxygen atoms in total. The minimum absolute atomic E-state index is 0. The molecule has 2 unspecified atom stereocenters. The van der Waals surface area contributed by atoms with Gasteiger partial charge in [0.25, 0.3) is 15.9 Å². The second-order valence-electron chi connectivity index (χ2n) is 6.76. The van der Waals surface area contributed by atoms with Crippen LogP contribution in [0.5, 0.6) is 0 Å². The van der Waals surface area contributed by atoms with Gasteiger partial charge >= 0.3 is 0 Å². The largest absolute Gasteiger partial charge is 0.336 e. The van der Waals surface area contributed by atoms with E-state index in [0.29, 0.717) is 13.1 Å². The molecule has 2 aromatic rings. The summed E-state index contributed by atoms with van der Waals surface area (Å²) in [6.45, 7) is 3.02. The highest BCUT2D eigenvalue weighted by atomic mass is 35.5. The summed E-state index contributed by atoms with van der Waals surface area (Å²) in [5, 5.41) is 0. The number of nitrogens with one attached hydrogen (secondary N) is 1. The van der Waals surface area contributed by atoms with Crippen molar-refractivity contribution < 1.29 is 17.6 Å². The Labute approximate surface area is 170 Å². The Bertz CT molecular complexity index is 955. The van der Waals surface area contributed by atoms with Gasteiger partial charge in [0.05, 0.1) is 10.6 Å². The highest BCUT2D eigenvalue weighted by Crippen LogP contribution is 2.25. The summed E-state index contributed by atoms with van der Waals surface area (Å²) in [5.41, 5.74) is 5.84. The first kappa shape index (κ1) is 22.1. The lowest BCUT2D eigenvalue weighted by atomic mass is 10.1. The third-order valence-corrected chi connectivity index (χ3v) is 6.13. The maximum Gasteiger partial charge on any atom is 0.262 e. The molecule has 9 heteroatoms. The van der Waals surface area contributed by atoms with Crippen LogP contribution >= 0.6 is 12.4 Å². The van der Waals surface area contributed by atoms with Crippen LogP contribution in [0.4, 0.5) is 10.1 Å². The first-order chi connectivity index (χ1) is 12.8. The topological polar surface area (TPSA) is 92.5 Å². The summed E-state index contributed by atoms with van der Waals surface area (Å²) in [4.78, 5) is 14.4. The zero-order valence-corrected chi connectivity index (χ0v) is 17.0. The number of benzene rings is 2. The first-order valence-electron chi connectivity index (χ1n) is 8.70. The van der Waals surface area contributed by atoms with Crippen LogP contribution in [0.25, 0.3) is 0 Å². The number of carbonyl (C=O) groups excluding carboxylic acids is 1. The molecule has 0 spiro atoms. The van der Waals surface area contributed by atoms with Gasteiger partial charge in [-0.2, -0.15) is 0 Å². The number of anilines is 1. The van der Waals surface area contributed by atoms with E-state index in [9.17, 15) is 17.6 Å². The third-order valence-electron chi connectivity index (χ3n) is 4.77. The highest BCUT2D eigenvalue weighted by molar-refractivity contribution is 7.92. The molecule has 1 heterocycles. The van der Waals surface area contributed by atoms with Gasteiger partial charge < -0.3 is 10.6 Å². The molecule has 0 radical (unpaired) electrons. The number of rotatable bonds is 5. The second-order valence-corrected chi connectivity index (χ2v) is 8.44. The molecular weight excluding hydrogens is 405 g/mol. The van der Waals surface area contributed by atoms with Gasteiger partial charge in [-0.1, -0.05) is 18.2 Å². The SMILES string of the molecule is CC1CC(CN)CN1C(=O)c1cccc(S(=O)(=O)Nc2ccccc2F)c1.Cl. The van der Waals surface area contributed by atoms with Crippen LogP contribution in [0, 0.1) is 11.7 Å². The molecule has 0 saturated carbocycles. The van der Waals surface area contributed by atoms with Crippen molar-refractivity contribution in [3.05, 3.63) is 59.9 Å². The van der Waals surface area contributed by atoms with Crippen LogP contribution in [0.2, 0.25) is 0 Å². The van der Waals surface area contributed by atoms with Crippen molar-refractivity contribution in [2.24, 2.45) is 11.7 Å². The molecule has 0 aliphatic carbocycles. The van der Waals surface area contributed by atoms with Crippen LogP contribution in [0.3, 0.4) is 0 Å². The van der Waals surface area contributed by atoms with Crippen molar-refractivity contribution in [1.82, 2.24) is 4.90 Å². The van der Waals surface area contributed by atoms with E-state index in [2.05, 4.69) is 4.72 Å². The Hall–Kier alpha value is -2.16. The molecule has 1 aliphatic rings. The van der Waals surface area contributed by atoms with Crippen LogP contribution in [-0.4, -0.2) is 38.4 Å². The molecule has 28 heavy (non-hydrogen) atoms. The zero-order chi connectivity index (χ0) is 19.6. The fourth-order valence-electron chi connectivity index (χ4n) is 3.31. The van der Waals surface area contributed by atoms with E-state index in [1.54, 1.807) is 11.0 Å². The number of sulfonamides is 1. The van der Waals surface area contributed by atoms with Crippen molar-refractivity contribution in [1.29, 1.82) is 0 Å². The number of amides is 1. The molecule has 0 bridgehead atoms. The minimum atomic E-state index is -4.03. The molecule has 152 valence electrons. The summed E-state index contributed by atoms with van der Waals surface area (Å²) in [6.07, 6.45) is 0.828. The monoisotopic (exact) mass is 427 g/mol. The maximum atomic E-state index is 13.8. The van der Waals surface area contributed by atoms with Crippen LogP contribution in [0.15, 0.2) is 53.4 Å². The Balaban J connectivity index is 0.00000280. The van der Waals surface area contributed by atoms with E-state index in [-0.39, 0.29) is 46.4 Å². The van der Waals surface area contributed by atoms with Crippen molar-refractivity contribution in [2.75, 3.05) is 17.8 Å². The van der Waals surface area contributed by atoms with E-state index in [0.717, 1.165) is 6.42 Å². The number of likely N-dealkylation sites (tertiary alicyclic amines) is 1. The Morgan fingerprint density at radius 1 is 1.25 bits per heavy atom. The Morgan fingerprint density at radius 3 is 2.61 bits per heavy atom. The highest BCUT2D eigenvalue weighted by Gasteiger charge is 2.32. The summed E-state index contributed by atoms with van der Waals surface area (Å²) < 4.78 is 41.2. The number of para-hydroxylation sites is 1. The third kappa shape index (κ3) is 4.63. The predicted octanol–water partition coefficient (Wildman–Crippen LogP) is 2.86. The number of carbonyl (C=O) groups is 1. The summed E-state index contributed by atoms with van der Waals surface area (Å²) >= 11 is 0. The first-order valence-corrected chi connectivity index (χ1v) is 10.2. The molecule has 2 aromatic carbocycles. The summed E-state index contributed by atoms with van der Waals surface area (Å²) in [7, 11) is -4.03. The number of nitrogens with two attached hydrogens (primary N) is 1. The number of halogens is 2. The van der Waals surface area contributed by atoms with Gasteiger partial charge in [0.1, 0.15) is 5.82 Å². The molecule has 3 N–H and O–H groups in total. The second kappa shape index (κ2) is 8.89. The van der Waals surface area contributed by atoms with Gasteiger partial charge in [-0.25, -0.2) is 12.8 Å². The van der Waals surface area contributed by atoms with Gasteiger partial charge in [0.15, 0.2) is 0 Å². The molecule has 0 aromatic heterocycles. The molecule has 2 atom stereocenters. The van der Waals surface area contributed by atoms with E-state index in [1.807, 2.05) is 6.92 Å². The molecule has 3 rings (SSSR count). The number of nitrogens with zero attached hydrogens (tertiary/aromatic N) is 1. The van der Waals surface area contributed by atoms with Gasteiger partial charge in [0, 0.05) is 18.2 Å². The van der Waals surface area contributed by atoms with Crippen molar-refractivity contribution in [3.63, 3.8) is 0 Å². The van der Waals surface area contributed by atoms with E-state index < -0.39 is 15.8 Å². The van der Waals surface area contributed by atoms with Gasteiger partial charge in [-0.05, 0) is 56.1 Å². The van der Waals surface area contributed by atoms with E-state index >= 15 is 0 Å². The van der Waals surface area contributed by atoms with Crippen LogP contribution in [0.1, 0.15) is 23.7 Å². The van der Waals surface area contributed by atoms with Crippen LogP contribution in [-0.2, 0) is 10.0 Å². The summed E-state index contributed by atoms with van der Waals surface area (Å²) in [5.74, 6) is -0.660. The molecule has 1 amide bonds. The molecule has 1 aliphatic heterocycles. The molecule has 1 saturated heterocycles. The van der Waals surface area contributed by atoms with E-state index in [4.69, 9.17) is 5.73 Å². The zero-order valence-electron chi connectivity index (χ0n) is 15.3. The molecule has 1 fully saturated rings. The minimum Gasteiger partial charge on any atom is -0.336 e. The predicted molar refractivity (Wildman–Crippen MR) is 109 cm³/mol. The lowest BCUT2D eigenvalue weighted by Gasteiger charge is -2.22. The van der Waals surface area contributed by atoms with Crippen LogP contribution < -0.4 is 10.5 Å². The lowest BCUT2D eigenvalue weighted by Crippen LogP contribution is -2.34. The number of hydrogen-bond acceptors (Lipinski definition) is 4. The quantitative estimate of drug-likeness (QED) is 0.767. The average Bonchev–Trinajstić information content (AvgIpc) is 3.04. The fourth-order valence-corrected chi connectivity index (χ4v) is 4.42. The Kier molecular flexibility index (Phi) is 7.03. The summed E-state index contributed by atoms with van der Waals surface area (Å²) in [6, 6.07) is 11.3. The average molecular weight is 428 g/mol. The normalized spacial score (nSPS) is 19.2. The number of hydrogen-bond donors (Lipinski definition) is 2. The van der Waals surface area contributed by atoms with Crippen molar-refractivity contribution in [2.45, 2.75) is 24.3 Å². The van der Waals surface area contributed by atoms with Gasteiger partial charge in [0.2, 0.25) is 0 Å². The van der Waals surface area contributed by atoms with Gasteiger partial charge in [-0.3, -0.25) is 9.52 Å². The van der Waals surface area contributed by atoms with Crippen molar-refractivity contribution in [3.8, 4) is 0 Å². The Morgan fingerprint density at radius 2 is 1.96 bits per heavy atom. The maximum absolute atomic E-state index is 13.8. The van der Waals surface area contributed by atoms with Crippen molar-refractivity contribution >= 4 is 34.0 Å². The van der Waals surface area contributed by atoms with E-state index in [1.165, 1.54) is 42.5 Å². The molecular formula is C19H23ClFN3O3S.